The lowest BCUT2D eigenvalue weighted by molar-refractivity contribution is -0.119. The molecule has 0 saturated carbocycles. The third kappa shape index (κ3) is 2.74. The summed E-state index contributed by atoms with van der Waals surface area (Å²) in [6, 6.07) is 6.45. The molecule has 0 amide bonds. The van der Waals surface area contributed by atoms with Gasteiger partial charge in [0.1, 0.15) is 12.3 Å². The third-order valence-electron chi connectivity index (χ3n) is 2.72. The molecule has 1 aliphatic rings. The molecule has 0 aromatic heterocycles. The van der Waals surface area contributed by atoms with Gasteiger partial charge in [0, 0.05) is 17.6 Å². The SMILES string of the molecule is CN1C(C(=O)CO)=CC(c2cccc(Cl)c2)=NS1(=O)=O. The molecule has 1 N–H and O–H groups in total. The molecule has 1 aromatic rings. The van der Waals surface area contributed by atoms with Crippen molar-refractivity contribution in [2.45, 2.75) is 0 Å². The normalized spacial score (nSPS) is 17.4. The van der Waals surface area contributed by atoms with E-state index < -0.39 is 22.6 Å². The monoisotopic (exact) mass is 314 g/mol. The van der Waals surface area contributed by atoms with Gasteiger partial charge in [0.2, 0.25) is 5.78 Å². The second-order valence-electron chi connectivity index (χ2n) is 4.04. The highest BCUT2D eigenvalue weighted by molar-refractivity contribution is 7.88. The van der Waals surface area contributed by atoms with E-state index in [9.17, 15) is 13.2 Å². The summed E-state index contributed by atoms with van der Waals surface area (Å²) < 4.78 is 28.2. The molecular formula is C12H11ClN2O4S. The van der Waals surface area contributed by atoms with Gasteiger partial charge in [-0.15, -0.1) is 4.40 Å². The number of allylic oxidation sites excluding steroid dienone is 1. The quantitative estimate of drug-likeness (QED) is 0.892. The van der Waals surface area contributed by atoms with Crippen LogP contribution in [0.15, 0.2) is 40.4 Å². The lowest BCUT2D eigenvalue weighted by Gasteiger charge is -2.22. The number of nitrogens with zero attached hydrogens (tertiary/aromatic N) is 2. The zero-order valence-electron chi connectivity index (χ0n) is 10.4. The number of halogens is 1. The summed E-state index contributed by atoms with van der Waals surface area (Å²) in [5, 5.41) is 9.32. The van der Waals surface area contributed by atoms with E-state index in [1.165, 1.54) is 13.1 Å². The van der Waals surface area contributed by atoms with Gasteiger partial charge in [0.15, 0.2) is 0 Å². The van der Waals surface area contributed by atoms with Crippen LogP contribution in [0.5, 0.6) is 0 Å². The maximum atomic E-state index is 11.9. The Morgan fingerprint density at radius 3 is 2.75 bits per heavy atom. The fraction of sp³-hybridized carbons (Fsp3) is 0.167. The predicted octanol–water partition coefficient (Wildman–Crippen LogP) is 0.765. The molecule has 0 saturated heterocycles. The van der Waals surface area contributed by atoms with Crippen LogP contribution in [0.25, 0.3) is 0 Å². The second-order valence-corrected chi connectivity index (χ2v) is 6.11. The van der Waals surface area contributed by atoms with Crippen molar-refractivity contribution in [2.75, 3.05) is 13.7 Å². The number of Topliss-reactive ketones (excluding diaryl/α,β-unsaturated/α-hetero) is 1. The maximum Gasteiger partial charge on any atom is 0.345 e. The maximum absolute atomic E-state index is 11.9. The van der Waals surface area contributed by atoms with Gasteiger partial charge in [0.05, 0.1) is 5.71 Å². The Hall–Kier alpha value is -1.70. The zero-order valence-corrected chi connectivity index (χ0v) is 12.0. The van der Waals surface area contributed by atoms with Crippen molar-refractivity contribution in [3.63, 3.8) is 0 Å². The first-order valence-electron chi connectivity index (χ1n) is 5.55. The molecule has 0 bridgehead atoms. The highest BCUT2D eigenvalue weighted by Gasteiger charge is 2.29. The Morgan fingerprint density at radius 2 is 2.15 bits per heavy atom. The largest absolute Gasteiger partial charge is 0.388 e. The van der Waals surface area contributed by atoms with E-state index in [4.69, 9.17) is 16.7 Å². The predicted molar refractivity (Wildman–Crippen MR) is 74.8 cm³/mol. The first-order valence-corrected chi connectivity index (χ1v) is 7.33. The van der Waals surface area contributed by atoms with Crippen LogP contribution in [-0.4, -0.2) is 43.0 Å². The molecule has 1 aromatic carbocycles. The van der Waals surface area contributed by atoms with Crippen molar-refractivity contribution in [3.8, 4) is 0 Å². The number of ketones is 1. The molecule has 8 heteroatoms. The van der Waals surface area contributed by atoms with Crippen molar-refractivity contribution in [2.24, 2.45) is 4.40 Å². The minimum absolute atomic E-state index is 0.0994. The third-order valence-corrected chi connectivity index (χ3v) is 4.27. The lowest BCUT2D eigenvalue weighted by atomic mass is 10.1. The van der Waals surface area contributed by atoms with Crippen LogP contribution < -0.4 is 0 Å². The van der Waals surface area contributed by atoms with Gasteiger partial charge in [-0.05, 0) is 18.2 Å². The fourth-order valence-electron chi connectivity index (χ4n) is 1.68. The van der Waals surface area contributed by atoms with Gasteiger partial charge in [-0.25, -0.2) is 0 Å². The summed E-state index contributed by atoms with van der Waals surface area (Å²) in [6.45, 7) is -0.783. The first kappa shape index (κ1) is 14.7. The van der Waals surface area contributed by atoms with Crippen molar-refractivity contribution >= 4 is 33.3 Å². The molecule has 6 nitrogen and oxygen atoms in total. The number of likely N-dealkylation sites (N-methyl/N-ethyl adjacent to an activating group) is 1. The zero-order chi connectivity index (χ0) is 14.9. The number of rotatable bonds is 3. The van der Waals surface area contributed by atoms with Crippen molar-refractivity contribution < 1.29 is 18.3 Å². The number of aliphatic hydroxyl groups excluding tert-OH is 1. The van der Waals surface area contributed by atoms with Crippen LogP contribution >= 0.6 is 11.6 Å². The summed E-state index contributed by atoms with van der Waals surface area (Å²) in [6.07, 6.45) is 1.31. The van der Waals surface area contributed by atoms with Crippen LogP contribution in [0.2, 0.25) is 5.02 Å². The topological polar surface area (TPSA) is 87.0 Å². The van der Waals surface area contributed by atoms with E-state index in [1.54, 1.807) is 24.3 Å². The van der Waals surface area contributed by atoms with E-state index in [0.717, 1.165) is 4.31 Å². The number of benzene rings is 1. The average Bonchev–Trinajstić information content (AvgIpc) is 2.40. The Balaban J connectivity index is 2.58. The minimum atomic E-state index is -4.00. The van der Waals surface area contributed by atoms with Gasteiger partial charge in [0.25, 0.3) is 0 Å². The molecule has 0 fully saturated rings. The molecule has 0 atom stereocenters. The Morgan fingerprint density at radius 1 is 1.45 bits per heavy atom. The van der Waals surface area contributed by atoms with E-state index in [-0.39, 0.29) is 11.4 Å². The Labute approximate surface area is 121 Å². The van der Waals surface area contributed by atoms with Gasteiger partial charge < -0.3 is 5.11 Å². The molecule has 1 heterocycles. The molecule has 0 spiro atoms. The number of hydrogen-bond acceptors (Lipinski definition) is 4. The van der Waals surface area contributed by atoms with Crippen molar-refractivity contribution in [3.05, 3.63) is 46.6 Å². The van der Waals surface area contributed by atoms with Gasteiger partial charge in [-0.3, -0.25) is 9.10 Å². The number of aliphatic hydroxyl groups is 1. The van der Waals surface area contributed by atoms with Gasteiger partial charge in [-0.2, -0.15) is 8.42 Å². The van der Waals surface area contributed by atoms with Gasteiger partial charge in [-0.1, -0.05) is 23.7 Å². The van der Waals surface area contributed by atoms with Crippen LogP contribution in [0.3, 0.4) is 0 Å². The molecule has 0 radical (unpaired) electrons. The molecule has 2 rings (SSSR count). The molecular weight excluding hydrogens is 304 g/mol. The molecule has 0 unspecified atom stereocenters. The van der Waals surface area contributed by atoms with Crippen molar-refractivity contribution in [1.82, 2.24) is 4.31 Å². The number of carbonyl (C=O) groups excluding carboxylic acids is 1. The summed E-state index contributed by atoms with van der Waals surface area (Å²) in [7, 11) is -2.80. The van der Waals surface area contributed by atoms with Crippen LogP contribution in [0.1, 0.15) is 5.56 Å². The minimum Gasteiger partial charge on any atom is -0.388 e. The van der Waals surface area contributed by atoms with Crippen LogP contribution in [0.4, 0.5) is 0 Å². The van der Waals surface area contributed by atoms with Crippen molar-refractivity contribution in [1.29, 1.82) is 0 Å². The molecule has 20 heavy (non-hydrogen) atoms. The Bertz CT molecular complexity index is 725. The highest BCUT2D eigenvalue weighted by Crippen LogP contribution is 2.21. The summed E-state index contributed by atoms with van der Waals surface area (Å²) in [5.41, 5.74) is 0.428. The smallest absolute Gasteiger partial charge is 0.345 e. The van der Waals surface area contributed by atoms with E-state index in [1.807, 2.05) is 0 Å². The van der Waals surface area contributed by atoms with E-state index in [0.29, 0.717) is 10.6 Å². The van der Waals surface area contributed by atoms with E-state index >= 15 is 0 Å². The van der Waals surface area contributed by atoms with Gasteiger partial charge >= 0.3 is 10.2 Å². The standard InChI is InChI=1S/C12H11ClN2O4S/c1-15-11(12(17)7-16)6-10(14-20(15,18)19)8-3-2-4-9(13)5-8/h2-6,16H,7H2,1H3. The lowest BCUT2D eigenvalue weighted by Crippen LogP contribution is -2.34. The fourth-order valence-corrected chi connectivity index (χ4v) is 2.80. The molecule has 106 valence electrons. The molecule has 0 aliphatic carbocycles. The average molecular weight is 315 g/mol. The number of hydrogen-bond donors (Lipinski definition) is 1. The van der Waals surface area contributed by atoms with Crippen LogP contribution in [-0.2, 0) is 15.0 Å². The summed E-state index contributed by atoms with van der Waals surface area (Å²) in [5.74, 6) is -0.703. The highest BCUT2D eigenvalue weighted by atomic mass is 35.5. The van der Waals surface area contributed by atoms with Crippen LogP contribution in [0, 0.1) is 0 Å². The summed E-state index contributed by atoms with van der Waals surface area (Å²) >= 11 is 5.85. The second kappa shape index (κ2) is 5.35. The van der Waals surface area contributed by atoms with E-state index in [2.05, 4.69) is 4.40 Å². The molecule has 1 aliphatic heterocycles. The Kier molecular flexibility index (Phi) is 3.94. The first-order chi connectivity index (χ1) is 9.35. The number of carbonyl (C=O) groups is 1. The summed E-state index contributed by atoms with van der Waals surface area (Å²) in [4.78, 5) is 11.6.